The predicted molar refractivity (Wildman–Crippen MR) is 77.3 cm³/mol. The van der Waals surface area contributed by atoms with Crippen LogP contribution in [-0.2, 0) is 11.3 Å². The molecule has 4 nitrogen and oxygen atoms in total. The molecule has 4 heteroatoms. The minimum absolute atomic E-state index is 0.0183. The van der Waals surface area contributed by atoms with Gasteiger partial charge in [-0.15, -0.1) is 0 Å². The molecule has 1 N–H and O–H groups in total. The molecule has 106 valence electrons. The second kappa shape index (κ2) is 7.92. The zero-order chi connectivity index (χ0) is 14.3. The Hall–Kier alpha value is -1.39. The molecule has 0 spiro atoms. The van der Waals surface area contributed by atoms with Gasteiger partial charge in [0.1, 0.15) is 0 Å². The van der Waals surface area contributed by atoms with Gasteiger partial charge in [-0.25, -0.2) is 0 Å². The summed E-state index contributed by atoms with van der Waals surface area (Å²) in [4.78, 5) is 14.1. The molecule has 1 aromatic carbocycles. The fourth-order valence-corrected chi connectivity index (χ4v) is 1.75. The number of amides is 1. The Morgan fingerprint density at radius 1 is 1.32 bits per heavy atom. The van der Waals surface area contributed by atoms with Gasteiger partial charge in [0.2, 0.25) is 0 Å². The first kappa shape index (κ1) is 15.7. The van der Waals surface area contributed by atoms with Gasteiger partial charge < -0.3 is 15.0 Å². The SMILES string of the molecule is COCc1ccc(C(=O)NC(C)CCN(C)C)cc1. The van der Waals surface area contributed by atoms with Crippen molar-refractivity contribution in [1.29, 1.82) is 0 Å². The number of methoxy groups -OCH3 is 1. The monoisotopic (exact) mass is 264 g/mol. The number of carbonyl (C=O) groups excluding carboxylic acids is 1. The molecule has 0 saturated heterocycles. The highest BCUT2D eigenvalue weighted by Crippen LogP contribution is 2.06. The van der Waals surface area contributed by atoms with Gasteiger partial charge in [-0.2, -0.15) is 0 Å². The molecule has 0 aliphatic carbocycles. The predicted octanol–water partition coefficient (Wildman–Crippen LogP) is 1.90. The number of ether oxygens (including phenoxy) is 1. The molecule has 0 aliphatic rings. The normalized spacial score (nSPS) is 12.5. The van der Waals surface area contributed by atoms with Crippen LogP contribution >= 0.6 is 0 Å². The summed E-state index contributed by atoms with van der Waals surface area (Å²) in [6.45, 7) is 3.57. The summed E-state index contributed by atoms with van der Waals surface area (Å²) in [6.07, 6.45) is 0.945. The Labute approximate surface area is 115 Å². The van der Waals surface area contributed by atoms with Crippen molar-refractivity contribution in [3.8, 4) is 0 Å². The van der Waals surface area contributed by atoms with Crippen LogP contribution in [0.1, 0.15) is 29.3 Å². The van der Waals surface area contributed by atoms with E-state index in [2.05, 4.69) is 10.2 Å². The van der Waals surface area contributed by atoms with Crippen LogP contribution in [0.2, 0.25) is 0 Å². The molecule has 0 heterocycles. The maximum Gasteiger partial charge on any atom is 0.251 e. The van der Waals surface area contributed by atoms with Crippen LogP contribution in [-0.4, -0.2) is 44.6 Å². The van der Waals surface area contributed by atoms with Crippen molar-refractivity contribution in [2.75, 3.05) is 27.7 Å². The number of carbonyl (C=O) groups is 1. The van der Waals surface area contributed by atoms with Crippen molar-refractivity contribution < 1.29 is 9.53 Å². The molecule has 1 unspecified atom stereocenters. The molecular formula is C15H24N2O2. The minimum Gasteiger partial charge on any atom is -0.380 e. The quantitative estimate of drug-likeness (QED) is 0.818. The molecular weight excluding hydrogens is 240 g/mol. The van der Waals surface area contributed by atoms with E-state index >= 15 is 0 Å². The van der Waals surface area contributed by atoms with Crippen molar-refractivity contribution in [2.24, 2.45) is 0 Å². The first-order chi connectivity index (χ1) is 9.02. The Morgan fingerprint density at radius 2 is 1.95 bits per heavy atom. The molecule has 1 amide bonds. The van der Waals surface area contributed by atoms with Gasteiger partial charge in [0.05, 0.1) is 6.61 Å². The molecule has 0 radical (unpaired) electrons. The Bertz CT molecular complexity index is 388. The largest absolute Gasteiger partial charge is 0.380 e. The van der Waals surface area contributed by atoms with Crippen molar-refractivity contribution in [3.63, 3.8) is 0 Å². The van der Waals surface area contributed by atoms with Gasteiger partial charge in [-0.3, -0.25) is 4.79 Å². The van der Waals surface area contributed by atoms with Gasteiger partial charge >= 0.3 is 0 Å². The third-order valence-corrected chi connectivity index (χ3v) is 2.91. The number of rotatable bonds is 7. The second-order valence-corrected chi connectivity index (χ2v) is 5.10. The molecule has 0 fully saturated rings. The van der Waals surface area contributed by atoms with E-state index in [-0.39, 0.29) is 11.9 Å². The molecule has 0 aliphatic heterocycles. The fraction of sp³-hybridized carbons (Fsp3) is 0.533. The maximum atomic E-state index is 12.0. The summed E-state index contributed by atoms with van der Waals surface area (Å²) in [5.74, 6) is -0.0183. The average molecular weight is 264 g/mol. The van der Waals surface area contributed by atoms with Gasteiger partial charge in [0.25, 0.3) is 5.91 Å². The van der Waals surface area contributed by atoms with Crippen LogP contribution < -0.4 is 5.32 Å². The fourth-order valence-electron chi connectivity index (χ4n) is 1.75. The van der Waals surface area contributed by atoms with Gasteiger partial charge in [-0.05, 0) is 51.7 Å². The molecule has 1 atom stereocenters. The second-order valence-electron chi connectivity index (χ2n) is 5.10. The van der Waals surface area contributed by atoms with Crippen LogP contribution in [0.25, 0.3) is 0 Å². The van der Waals surface area contributed by atoms with Crippen LogP contribution in [0.3, 0.4) is 0 Å². The van der Waals surface area contributed by atoms with Crippen molar-refractivity contribution in [2.45, 2.75) is 26.0 Å². The van der Waals surface area contributed by atoms with Crippen molar-refractivity contribution >= 4 is 5.91 Å². The lowest BCUT2D eigenvalue weighted by Gasteiger charge is -2.16. The van der Waals surface area contributed by atoms with E-state index < -0.39 is 0 Å². The van der Waals surface area contributed by atoms with Crippen molar-refractivity contribution in [1.82, 2.24) is 10.2 Å². The number of hydrogen-bond acceptors (Lipinski definition) is 3. The van der Waals surface area contributed by atoms with Gasteiger partial charge in [-0.1, -0.05) is 12.1 Å². The number of hydrogen-bond donors (Lipinski definition) is 1. The Balaban J connectivity index is 2.48. The number of benzene rings is 1. The number of nitrogens with zero attached hydrogens (tertiary/aromatic N) is 1. The maximum absolute atomic E-state index is 12.0. The van der Waals surface area contributed by atoms with E-state index in [9.17, 15) is 4.79 Å². The molecule has 19 heavy (non-hydrogen) atoms. The minimum atomic E-state index is -0.0183. The van der Waals surface area contributed by atoms with E-state index in [1.54, 1.807) is 7.11 Å². The van der Waals surface area contributed by atoms with Crippen molar-refractivity contribution in [3.05, 3.63) is 35.4 Å². The van der Waals surface area contributed by atoms with Crippen LogP contribution in [0.5, 0.6) is 0 Å². The van der Waals surface area contributed by atoms with E-state index in [4.69, 9.17) is 4.74 Å². The van der Waals surface area contributed by atoms with E-state index in [1.165, 1.54) is 0 Å². The first-order valence-corrected chi connectivity index (χ1v) is 6.56. The first-order valence-electron chi connectivity index (χ1n) is 6.56. The highest BCUT2D eigenvalue weighted by molar-refractivity contribution is 5.94. The third kappa shape index (κ3) is 5.85. The molecule has 0 aromatic heterocycles. The van der Waals surface area contributed by atoms with Gasteiger partial charge in [0, 0.05) is 18.7 Å². The highest BCUT2D eigenvalue weighted by atomic mass is 16.5. The third-order valence-electron chi connectivity index (χ3n) is 2.91. The summed E-state index contributed by atoms with van der Waals surface area (Å²) in [5, 5.41) is 3.01. The van der Waals surface area contributed by atoms with E-state index in [0.717, 1.165) is 18.5 Å². The lowest BCUT2D eigenvalue weighted by molar-refractivity contribution is 0.0936. The molecule has 1 aromatic rings. The summed E-state index contributed by atoms with van der Waals surface area (Å²) in [7, 11) is 5.72. The zero-order valence-electron chi connectivity index (χ0n) is 12.3. The summed E-state index contributed by atoms with van der Waals surface area (Å²) in [5.41, 5.74) is 1.76. The topological polar surface area (TPSA) is 41.6 Å². The molecule has 0 saturated carbocycles. The van der Waals surface area contributed by atoms with Crippen LogP contribution in [0, 0.1) is 0 Å². The standard InChI is InChI=1S/C15H24N2O2/c1-12(9-10-17(2)3)16-15(18)14-7-5-13(6-8-14)11-19-4/h5-8,12H,9-11H2,1-4H3,(H,16,18). The summed E-state index contributed by atoms with van der Waals surface area (Å²) in [6, 6.07) is 7.69. The molecule has 0 bridgehead atoms. The van der Waals surface area contributed by atoms with E-state index in [0.29, 0.717) is 12.2 Å². The number of nitrogens with one attached hydrogen (secondary N) is 1. The van der Waals surface area contributed by atoms with Gasteiger partial charge in [0.15, 0.2) is 0 Å². The highest BCUT2D eigenvalue weighted by Gasteiger charge is 2.09. The Morgan fingerprint density at radius 3 is 2.47 bits per heavy atom. The summed E-state index contributed by atoms with van der Waals surface area (Å²) >= 11 is 0. The zero-order valence-corrected chi connectivity index (χ0v) is 12.3. The van der Waals surface area contributed by atoms with E-state index in [1.807, 2.05) is 45.3 Å². The summed E-state index contributed by atoms with van der Waals surface area (Å²) < 4.78 is 5.04. The lowest BCUT2D eigenvalue weighted by atomic mass is 10.1. The van der Waals surface area contributed by atoms with Crippen LogP contribution in [0.15, 0.2) is 24.3 Å². The average Bonchev–Trinajstić information content (AvgIpc) is 2.37. The molecule has 1 rings (SSSR count). The lowest BCUT2D eigenvalue weighted by Crippen LogP contribution is -2.34. The smallest absolute Gasteiger partial charge is 0.251 e. The Kier molecular flexibility index (Phi) is 6.53. The van der Waals surface area contributed by atoms with Crippen LogP contribution in [0.4, 0.5) is 0 Å².